The van der Waals surface area contributed by atoms with Gasteiger partial charge in [0.1, 0.15) is 0 Å². The first-order valence-corrected chi connectivity index (χ1v) is 11.2. The van der Waals surface area contributed by atoms with Crippen LogP contribution in [0.4, 0.5) is 13.2 Å². The maximum Gasteiger partial charge on any atom is 0.395 e. The third-order valence-electron chi connectivity index (χ3n) is 7.35. The number of ether oxygens (including phenoxy) is 1. The Hall–Kier alpha value is -2.69. The van der Waals surface area contributed by atoms with E-state index in [0.29, 0.717) is 29.1 Å². The minimum absolute atomic E-state index is 0.151. The largest absolute Gasteiger partial charge is 0.468 e. The van der Waals surface area contributed by atoms with Crippen LogP contribution in [0.5, 0.6) is 0 Å². The maximum absolute atomic E-state index is 13.7. The number of hydrogen-bond donors (Lipinski definition) is 2. The number of imidazole rings is 1. The van der Waals surface area contributed by atoms with Crippen molar-refractivity contribution in [3.05, 3.63) is 29.7 Å². The Labute approximate surface area is 188 Å². The molecule has 0 spiro atoms. The summed E-state index contributed by atoms with van der Waals surface area (Å²) in [6.45, 7) is -0.687. The Morgan fingerprint density at radius 2 is 1.97 bits per heavy atom. The Morgan fingerprint density at radius 1 is 1.30 bits per heavy atom. The zero-order chi connectivity index (χ0) is 23.5. The fraction of sp³-hybridized carbons (Fsp3) is 0.636. The standard InChI is InChI=1S/C22H26F3N5O3/c1-33-20(32)21(15(22(23,24)25)9-27-19(21)31)8-13-6-7-16-28-14(10-30(16)29-13)18(26)17(11-2-3-11)12-4-5-12/h6-7,10-12,15,17-18H,2-5,8-9,26H2,1H3,(H,27,31). The van der Waals surface area contributed by atoms with E-state index >= 15 is 0 Å². The topological polar surface area (TPSA) is 112 Å². The number of hydrogen-bond acceptors (Lipinski definition) is 6. The zero-order valence-corrected chi connectivity index (χ0v) is 18.1. The highest BCUT2D eigenvalue weighted by molar-refractivity contribution is 6.05. The van der Waals surface area contributed by atoms with Gasteiger partial charge in [0.05, 0.1) is 36.7 Å². The predicted octanol–water partition coefficient (Wildman–Crippen LogP) is 2.18. The highest BCUT2D eigenvalue weighted by atomic mass is 19.4. The summed E-state index contributed by atoms with van der Waals surface area (Å²) in [6.07, 6.45) is 1.11. The summed E-state index contributed by atoms with van der Waals surface area (Å²) in [7, 11) is 0.972. The molecule has 0 aromatic carbocycles. The molecular weight excluding hydrogens is 439 g/mol. The normalized spacial score (nSPS) is 26.6. The molecule has 33 heavy (non-hydrogen) atoms. The minimum Gasteiger partial charge on any atom is -0.468 e. The van der Waals surface area contributed by atoms with Gasteiger partial charge in [-0.15, -0.1) is 0 Å². The van der Waals surface area contributed by atoms with Crippen molar-refractivity contribution in [2.24, 2.45) is 34.8 Å². The van der Waals surface area contributed by atoms with Crippen LogP contribution in [0.2, 0.25) is 0 Å². The van der Waals surface area contributed by atoms with Crippen molar-refractivity contribution in [2.75, 3.05) is 13.7 Å². The number of fused-ring (bicyclic) bond motifs is 1. The molecule has 1 saturated heterocycles. The van der Waals surface area contributed by atoms with E-state index in [2.05, 4.69) is 20.1 Å². The molecule has 11 heteroatoms. The number of rotatable bonds is 7. The van der Waals surface area contributed by atoms with Crippen LogP contribution in [0.25, 0.3) is 5.65 Å². The molecule has 1 amide bonds. The van der Waals surface area contributed by atoms with Crippen molar-refractivity contribution in [1.29, 1.82) is 0 Å². The van der Waals surface area contributed by atoms with Crippen molar-refractivity contribution in [3.63, 3.8) is 0 Å². The van der Waals surface area contributed by atoms with Crippen LogP contribution in [-0.4, -0.2) is 46.3 Å². The number of nitrogens with two attached hydrogens (primary N) is 1. The van der Waals surface area contributed by atoms with Crippen LogP contribution in [0.1, 0.15) is 43.1 Å². The highest BCUT2D eigenvalue weighted by Crippen LogP contribution is 2.53. The lowest BCUT2D eigenvalue weighted by molar-refractivity contribution is -0.206. The number of nitrogens with zero attached hydrogens (tertiary/aromatic N) is 3. The van der Waals surface area contributed by atoms with Gasteiger partial charge in [0.2, 0.25) is 5.91 Å². The smallest absolute Gasteiger partial charge is 0.395 e. The average Bonchev–Trinajstić information content (AvgIpc) is 3.70. The minimum atomic E-state index is -4.77. The second kappa shape index (κ2) is 7.68. The quantitative estimate of drug-likeness (QED) is 0.479. The lowest BCUT2D eigenvalue weighted by Crippen LogP contribution is -2.50. The molecule has 3 fully saturated rings. The SMILES string of the molecule is COC(=O)C1(Cc2ccc3nc(C(N)C(C4CC4)C4CC4)cn3n2)C(=O)NCC1C(F)(F)F. The van der Waals surface area contributed by atoms with Crippen LogP contribution in [0.15, 0.2) is 18.3 Å². The van der Waals surface area contributed by atoms with E-state index in [0.717, 1.165) is 7.11 Å². The molecule has 2 aromatic heterocycles. The van der Waals surface area contributed by atoms with Gasteiger partial charge in [-0.1, -0.05) is 0 Å². The molecule has 178 valence electrons. The lowest BCUT2D eigenvalue weighted by atomic mass is 9.73. The number of halogens is 3. The van der Waals surface area contributed by atoms with Gasteiger partial charge in [0, 0.05) is 13.0 Å². The van der Waals surface area contributed by atoms with Crippen LogP contribution >= 0.6 is 0 Å². The third kappa shape index (κ3) is 3.75. The van der Waals surface area contributed by atoms with E-state index in [1.54, 1.807) is 12.3 Å². The Kier molecular flexibility index (Phi) is 5.15. The number of carbonyl (C=O) groups is 2. The number of aromatic nitrogens is 3. The van der Waals surface area contributed by atoms with Gasteiger partial charge in [-0.2, -0.15) is 18.3 Å². The van der Waals surface area contributed by atoms with Crippen molar-refractivity contribution in [2.45, 2.75) is 44.3 Å². The molecule has 3 unspecified atom stereocenters. The van der Waals surface area contributed by atoms with Crippen LogP contribution < -0.4 is 11.1 Å². The van der Waals surface area contributed by atoms with Crippen LogP contribution in [0.3, 0.4) is 0 Å². The molecule has 3 heterocycles. The summed E-state index contributed by atoms with van der Waals surface area (Å²) in [5.41, 5.74) is 5.49. The lowest BCUT2D eigenvalue weighted by Gasteiger charge is -2.30. The Bertz CT molecular complexity index is 1080. The molecule has 0 radical (unpaired) electrons. The number of carbonyl (C=O) groups excluding carboxylic acids is 2. The first kappa shape index (κ1) is 22.1. The van der Waals surface area contributed by atoms with Crippen molar-refractivity contribution < 1.29 is 27.5 Å². The number of methoxy groups -OCH3 is 1. The molecule has 1 aliphatic heterocycles. The fourth-order valence-corrected chi connectivity index (χ4v) is 5.38. The third-order valence-corrected chi connectivity index (χ3v) is 7.35. The average molecular weight is 465 g/mol. The molecular formula is C22H26F3N5O3. The fourth-order valence-electron chi connectivity index (χ4n) is 5.38. The molecule has 2 aromatic rings. The molecule has 3 atom stereocenters. The summed E-state index contributed by atoms with van der Waals surface area (Å²) in [4.78, 5) is 29.7. The second-order valence-corrected chi connectivity index (χ2v) is 9.52. The predicted molar refractivity (Wildman–Crippen MR) is 110 cm³/mol. The molecule has 8 nitrogen and oxygen atoms in total. The highest BCUT2D eigenvalue weighted by Gasteiger charge is 2.66. The van der Waals surface area contributed by atoms with E-state index in [1.165, 1.54) is 36.3 Å². The molecule has 5 rings (SSSR count). The molecule has 3 N–H and O–H groups in total. The van der Waals surface area contributed by atoms with Crippen molar-refractivity contribution in [1.82, 2.24) is 19.9 Å². The first-order chi connectivity index (χ1) is 15.6. The van der Waals surface area contributed by atoms with Gasteiger partial charge in [0.15, 0.2) is 11.1 Å². The second-order valence-electron chi connectivity index (χ2n) is 9.52. The van der Waals surface area contributed by atoms with Gasteiger partial charge in [-0.05, 0) is 55.6 Å². The van der Waals surface area contributed by atoms with E-state index in [4.69, 9.17) is 5.73 Å². The summed E-state index contributed by atoms with van der Waals surface area (Å²) in [5, 5.41) is 6.56. The molecule has 0 bridgehead atoms. The maximum atomic E-state index is 13.7. The Balaban J connectivity index is 1.46. The zero-order valence-electron chi connectivity index (χ0n) is 18.1. The number of amides is 1. The molecule has 2 aliphatic carbocycles. The molecule has 2 saturated carbocycles. The van der Waals surface area contributed by atoms with Gasteiger partial charge in [0.25, 0.3) is 0 Å². The van der Waals surface area contributed by atoms with E-state index in [1.807, 2.05) is 0 Å². The monoisotopic (exact) mass is 465 g/mol. The summed E-state index contributed by atoms with van der Waals surface area (Å²) in [5.74, 6) is -2.82. The summed E-state index contributed by atoms with van der Waals surface area (Å²) < 4.78 is 47.3. The van der Waals surface area contributed by atoms with Crippen molar-refractivity contribution in [3.8, 4) is 0 Å². The number of alkyl halides is 3. The van der Waals surface area contributed by atoms with Gasteiger partial charge < -0.3 is 15.8 Å². The van der Waals surface area contributed by atoms with Gasteiger partial charge in [-0.3, -0.25) is 9.59 Å². The van der Waals surface area contributed by atoms with Gasteiger partial charge in [-0.25, -0.2) is 9.50 Å². The first-order valence-electron chi connectivity index (χ1n) is 11.2. The van der Waals surface area contributed by atoms with E-state index < -0.39 is 42.4 Å². The van der Waals surface area contributed by atoms with Crippen LogP contribution in [0, 0.1) is 29.1 Å². The van der Waals surface area contributed by atoms with E-state index in [9.17, 15) is 22.8 Å². The molecule has 3 aliphatic rings. The Morgan fingerprint density at radius 3 is 2.55 bits per heavy atom. The van der Waals surface area contributed by atoms with Gasteiger partial charge >= 0.3 is 12.1 Å². The van der Waals surface area contributed by atoms with Crippen LogP contribution in [-0.2, 0) is 20.7 Å². The van der Waals surface area contributed by atoms with Crippen molar-refractivity contribution >= 4 is 17.5 Å². The summed E-state index contributed by atoms with van der Waals surface area (Å²) >= 11 is 0. The number of esters is 1. The van der Waals surface area contributed by atoms with E-state index in [-0.39, 0.29) is 11.7 Å². The number of nitrogens with one attached hydrogen (secondary N) is 1. The summed E-state index contributed by atoms with van der Waals surface area (Å²) in [6, 6.07) is 2.87.